The summed E-state index contributed by atoms with van der Waals surface area (Å²) in [4.78, 5) is 7.14. The van der Waals surface area contributed by atoms with Crippen LogP contribution < -0.4 is 9.80 Å². The maximum absolute atomic E-state index is 15.1. The van der Waals surface area contributed by atoms with Crippen molar-refractivity contribution in [2.75, 3.05) is 47.7 Å². The van der Waals surface area contributed by atoms with Crippen LogP contribution in [0.1, 0.15) is 71.2 Å². The number of ether oxygens (including phenoxy) is 2. The van der Waals surface area contributed by atoms with Crippen molar-refractivity contribution in [3.63, 3.8) is 0 Å². The lowest BCUT2D eigenvalue weighted by atomic mass is 9.67. The van der Waals surface area contributed by atoms with E-state index in [4.69, 9.17) is 9.47 Å². The van der Waals surface area contributed by atoms with Gasteiger partial charge in [-0.25, -0.2) is 8.78 Å². The minimum Gasteiger partial charge on any atom is -0.380 e. The van der Waals surface area contributed by atoms with E-state index >= 15 is 8.78 Å². The Balaban J connectivity index is 0.750. The van der Waals surface area contributed by atoms with Gasteiger partial charge in [-0.15, -0.1) is 23.5 Å². The van der Waals surface area contributed by atoms with E-state index in [1.807, 2.05) is 47.8 Å². The molecule has 4 aliphatic rings. The second-order valence-electron chi connectivity index (χ2n) is 25.8. The van der Waals surface area contributed by atoms with Crippen molar-refractivity contribution in [2.24, 2.45) is 10.8 Å². The first-order valence-corrected chi connectivity index (χ1v) is 34.7. The number of halogens is 2. The molecular weight excluding hydrogens is 1200 g/mol. The smallest absolute Gasteiger partial charge is 0.123 e. The Kier molecular flexibility index (Phi) is 15.6. The number of rotatable bonds is 19. The van der Waals surface area contributed by atoms with Gasteiger partial charge in [0.1, 0.15) is 11.6 Å². The molecule has 12 aromatic rings. The fourth-order valence-electron chi connectivity index (χ4n) is 15.1. The van der Waals surface area contributed by atoms with Gasteiger partial charge in [0.25, 0.3) is 0 Å². The molecule has 0 aromatic heterocycles. The van der Waals surface area contributed by atoms with Crippen molar-refractivity contribution in [2.45, 2.75) is 47.3 Å². The van der Waals surface area contributed by atoms with Crippen molar-refractivity contribution in [3.8, 4) is 33.4 Å². The Morgan fingerprint density at radius 1 is 0.319 bits per heavy atom. The Morgan fingerprint density at radius 2 is 0.628 bits per heavy atom. The van der Waals surface area contributed by atoms with Gasteiger partial charge in [0.15, 0.2) is 0 Å². The van der Waals surface area contributed by atoms with E-state index in [0.29, 0.717) is 0 Å². The largest absolute Gasteiger partial charge is 0.380 e. The van der Waals surface area contributed by atoms with E-state index in [9.17, 15) is 0 Å². The van der Waals surface area contributed by atoms with E-state index in [-0.39, 0.29) is 22.5 Å². The minimum atomic E-state index is -0.739. The number of nitrogens with zero attached hydrogens (tertiary/aromatic N) is 2. The zero-order chi connectivity index (χ0) is 63.4. The third kappa shape index (κ3) is 10.2. The molecule has 0 N–H and O–H groups in total. The molecule has 8 heteroatoms. The molecule has 12 aromatic carbocycles. The van der Waals surface area contributed by atoms with Crippen molar-refractivity contribution in [3.05, 3.63) is 347 Å². The molecule has 94 heavy (non-hydrogen) atoms. The van der Waals surface area contributed by atoms with Gasteiger partial charge in [-0.05, 0) is 212 Å². The van der Waals surface area contributed by atoms with Gasteiger partial charge in [-0.2, -0.15) is 0 Å². The molecule has 0 spiro atoms. The van der Waals surface area contributed by atoms with Crippen LogP contribution in [0.3, 0.4) is 0 Å². The zero-order valence-corrected chi connectivity index (χ0v) is 54.3. The molecule has 2 unspecified atom stereocenters. The molecule has 2 aliphatic heterocycles. The maximum atomic E-state index is 15.1. The summed E-state index contributed by atoms with van der Waals surface area (Å²) >= 11 is 3.81. The summed E-state index contributed by atoms with van der Waals surface area (Å²) in [6, 6.07) is 103. The van der Waals surface area contributed by atoms with Gasteiger partial charge in [0, 0.05) is 66.3 Å². The fourth-order valence-corrected chi connectivity index (χ4v) is 17.4. The maximum Gasteiger partial charge on any atom is 0.123 e. The standard InChI is InChI=1S/C86H70F2N2O2S2/c1-3-83(53-91-54-83)57-93-73-45-31-63(32-46-73)85(61-27-35-65(87)36-28-61)79-21-13-11-19-75(79)77-49-43-71(51-81(77)85)89(67-15-7-5-8-16-67)69-39-23-59(24-40-69)60-25-41-70(42-26-60)90(68-17-9-6-10-18-68)72-44-50-78-76-20-12-14-22-80(76)86(82(78)52-72,62-29-37-66(88)38-30-62)64-33-47-74(48-34-64)94-58-84(4-2)55-92-56-84/h5-52H,3-4,53-58H2,1-2H3. The molecule has 0 radical (unpaired) electrons. The number of hydrogen-bond donors (Lipinski definition) is 0. The average Bonchev–Trinajstić information content (AvgIpc) is 1.53. The Hall–Kier alpha value is -9.28. The fraction of sp³-hybridized carbons (Fsp3) is 0.163. The number of anilines is 6. The van der Waals surface area contributed by atoms with Crippen LogP contribution in [0.5, 0.6) is 0 Å². The van der Waals surface area contributed by atoms with Gasteiger partial charge in [-0.1, -0.05) is 184 Å². The predicted molar refractivity (Wildman–Crippen MR) is 384 cm³/mol. The molecule has 16 rings (SSSR count). The second kappa shape index (κ2) is 24.6. The summed E-state index contributed by atoms with van der Waals surface area (Å²) in [5, 5.41) is 0. The molecule has 2 fully saturated rings. The number of benzene rings is 12. The van der Waals surface area contributed by atoms with E-state index in [1.54, 1.807) is 24.3 Å². The van der Waals surface area contributed by atoms with Gasteiger partial charge in [0.2, 0.25) is 0 Å². The number of thioether (sulfide) groups is 2. The van der Waals surface area contributed by atoms with Crippen LogP contribution in [0.4, 0.5) is 42.9 Å². The van der Waals surface area contributed by atoms with Gasteiger partial charge in [0.05, 0.1) is 37.3 Å². The Bertz CT molecular complexity index is 4400. The van der Waals surface area contributed by atoms with Gasteiger partial charge < -0.3 is 19.3 Å². The van der Waals surface area contributed by atoms with Crippen LogP contribution in [0.2, 0.25) is 0 Å². The number of para-hydroxylation sites is 2. The van der Waals surface area contributed by atoms with Crippen LogP contribution >= 0.6 is 23.5 Å². The number of hydrogen-bond acceptors (Lipinski definition) is 6. The summed E-state index contributed by atoms with van der Waals surface area (Å²) in [6.45, 7) is 7.80. The van der Waals surface area contributed by atoms with E-state index in [2.05, 4.69) is 266 Å². The van der Waals surface area contributed by atoms with Gasteiger partial charge >= 0.3 is 0 Å². The topological polar surface area (TPSA) is 24.9 Å². The zero-order valence-electron chi connectivity index (χ0n) is 52.7. The highest BCUT2D eigenvalue weighted by Gasteiger charge is 2.49. The molecule has 2 atom stereocenters. The van der Waals surface area contributed by atoms with Crippen LogP contribution in [-0.2, 0) is 20.3 Å². The Morgan fingerprint density at radius 3 is 0.968 bits per heavy atom. The highest BCUT2D eigenvalue weighted by molar-refractivity contribution is 7.99. The SMILES string of the molecule is CCC1(CSc2ccc(C3(c4ccc(F)cc4)c4ccccc4-c4ccc(N(c5ccccc5)c5ccc(-c6ccc(N(c7ccccc7)c7ccc8c(c7)C(c7ccc(F)cc7)(c7ccc(SCC9(CC)COC9)cc7)c7ccccc7-8)cc6)cc5)cc43)cc2)COC1. The lowest BCUT2D eigenvalue weighted by Gasteiger charge is -2.40. The summed E-state index contributed by atoms with van der Waals surface area (Å²) < 4.78 is 41.5. The van der Waals surface area contributed by atoms with E-state index in [1.165, 1.54) is 32.0 Å². The van der Waals surface area contributed by atoms with Crippen LogP contribution in [0.25, 0.3) is 33.4 Å². The predicted octanol–water partition coefficient (Wildman–Crippen LogP) is 22.3. The first-order chi connectivity index (χ1) is 46.2. The van der Waals surface area contributed by atoms with E-state index < -0.39 is 10.8 Å². The van der Waals surface area contributed by atoms with Gasteiger partial charge in [-0.3, -0.25) is 0 Å². The molecule has 0 amide bonds. The van der Waals surface area contributed by atoms with Crippen molar-refractivity contribution in [1.82, 2.24) is 0 Å². The second-order valence-corrected chi connectivity index (χ2v) is 27.9. The van der Waals surface area contributed by atoms with Crippen LogP contribution in [0.15, 0.2) is 301 Å². The number of fused-ring (bicyclic) bond motifs is 6. The summed E-state index contributed by atoms with van der Waals surface area (Å²) in [5.41, 5.74) is 20.9. The molecule has 0 saturated carbocycles. The van der Waals surface area contributed by atoms with Crippen LogP contribution in [0, 0.1) is 22.5 Å². The molecule has 4 nitrogen and oxygen atoms in total. The molecule has 0 bridgehead atoms. The third-order valence-electron chi connectivity index (χ3n) is 20.5. The summed E-state index contributed by atoms with van der Waals surface area (Å²) in [5.74, 6) is 1.50. The van der Waals surface area contributed by atoms with Crippen LogP contribution in [-0.4, -0.2) is 37.9 Å². The molecular formula is C86H70F2N2O2S2. The Labute approximate surface area is 558 Å². The van der Waals surface area contributed by atoms with Crippen molar-refractivity contribution < 1.29 is 18.3 Å². The molecule has 2 aliphatic carbocycles. The van der Waals surface area contributed by atoms with Crippen molar-refractivity contribution >= 4 is 57.6 Å². The van der Waals surface area contributed by atoms with Crippen molar-refractivity contribution in [1.29, 1.82) is 0 Å². The quantitative estimate of drug-likeness (QED) is 0.0749. The monoisotopic (exact) mass is 1260 g/mol. The lowest BCUT2D eigenvalue weighted by molar-refractivity contribution is -0.0994. The lowest BCUT2D eigenvalue weighted by Crippen LogP contribution is -2.44. The first kappa shape index (κ1) is 59.7. The highest BCUT2D eigenvalue weighted by Crippen LogP contribution is 2.60. The van der Waals surface area contributed by atoms with E-state index in [0.717, 1.165) is 141 Å². The molecule has 2 heterocycles. The molecule has 462 valence electrons. The summed E-state index contributed by atoms with van der Waals surface area (Å²) in [7, 11) is 0. The average molecular weight is 1270 g/mol. The first-order valence-electron chi connectivity index (χ1n) is 32.7. The third-order valence-corrected chi connectivity index (χ3v) is 23.3. The summed E-state index contributed by atoms with van der Waals surface area (Å²) in [6.07, 6.45) is 2.20. The minimum absolute atomic E-state index is 0.227. The normalized spacial score (nSPS) is 17.6. The highest BCUT2D eigenvalue weighted by atomic mass is 32.2. The molecule has 2 saturated heterocycles.